The molecule has 5 nitrogen and oxygen atoms in total. The molecule has 1 fully saturated rings. The van der Waals surface area contributed by atoms with Crippen LogP contribution in [-0.4, -0.2) is 59.6 Å². The zero-order valence-electron chi connectivity index (χ0n) is 18.6. The van der Waals surface area contributed by atoms with Crippen LogP contribution >= 0.6 is 0 Å². The Kier molecular flexibility index (Phi) is 16.8. The molecule has 1 rings (SSSR count). The average Bonchev–Trinajstić information content (AvgIpc) is 3.06. The minimum atomic E-state index is -0.978. The van der Waals surface area contributed by atoms with Crippen molar-refractivity contribution in [2.45, 2.75) is 121 Å². The average molecular weight is 415 g/mol. The van der Waals surface area contributed by atoms with Crippen molar-refractivity contribution in [3.05, 3.63) is 12.2 Å². The monoisotopic (exact) mass is 414 g/mol. The molecule has 29 heavy (non-hydrogen) atoms. The summed E-state index contributed by atoms with van der Waals surface area (Å²) in [5, 5.41) is 28.8. The predicted molar refractivity (Wildman–Crippen MR) is 118 cm³/mol. The van der Waals surface area contributed by atoms with E-state index in [9.17, 15) is 15.3 Å². The lowest BCUT2D eigenvalue weighted by Crippen LogP contribution is -2.42. The molecular formula is C24H46O5. The molecule has 0 spiro atoms. The molecule has 4 atom stereocenters. The van der Waals surface area contributed by atoms with E-state index in [-0.39, 0.29) is 13.2 Å². The minimum Gasteiger partial charge on any atom is -0.394 e. The summed E-state index contributed by atoms with van der Waals surface area (Å²) in [5.41, 5.74) is 0. The van der Waals surface area contributed by atoms with Gasteiger partial charge in [-0.15, -0.1) is 0 Å². The summed E-state index contributed by atoms with van der Waals surface area (Å²) in [6.07, 6.45) is 19.4. The molecule has 0 aromatic rings. The first-order chi connectivity index (χ1) is 14.2. The lowest BCUT2D eigenvalue weighted by atomic mass is 10.1. The molecule has 1 saturated heterocycles. The topological polar surface area (TPSA) is 79.2 Å². The maximum absolute atomic E-state index is 9.83. The number of aliphatic hydroxyl groups is 3. The highest BCUT2D eigenvalue weighted by Crippen LogP contribution is 2.20. The van der Waals surface area contributed by atoms with Crippen molar-refractivity contribution in [3.8, 4) is 0 Å². The quantitative estimate of drug-likeness (QED) is 0.214. The fraction of sp³-hybridized carbons (Fsp3) is 0.917. The van der Waals surface area contributed by atoms with Gasteiger partial charge in [0.2, 0.25) is 0 Å². The molecule has 0 radical (unpaired) electrons. The van der Waals surface area contributed by atoms with Crippen molar-refractivity contribution in [2.75, 3.05) is 19.8 Å². The fourth-order valence-corrected chi connectivity index (χ4v) is 3.79. The second-order valence-electron chi connectivity index (χ2n) is 8.39. The van der Waals surface area contributed by atoms with Crippen molar-refractivity contribution < 1.29 is 24.8 Å². The first-order valence-corrected chi connectivity index (χ1v) is 12.1. The van der Waals surface area contributed by atoms with Gasteiger partial charge in [0.1, 0.15) is 24.4 Å². The molecule has 1 aliphatic heterocycles. The number of allylic oxidation sites excluding steroid dienone is 2. The smallest absolute Gasteiger partial charge is 0.114 e. The Hall–Kier alpha value is -0.460. The molecule has 0 unspecified atom stereocenters. The summed E-state index contributed by atoms with van der Waals surface area (Å²) < 4.78 is 11.0. The van der Waals surface area contributed by atoms with Crippen LogP contribution in [0.1, 0.15) is 96.8 Å². The largest absolute Gasteiger partial charge is 0.394 e. The van der Waals surface area contributed by atoms with E-state index in [0.29, 0.717) is 6.61 Å². The second kappa shape index (κ2) is 18.3. The molecule has 1 aliphatic rings. The molecule has 0 bridgehead atoms. The van der Waals surface area contributed by atoms with Crippen molar-refractivity contribution in [1.29, 1.82) is 0 Å². The highest BCUT2D eigenvalue weighted by atomic mass is 16.6. The van der Waals surface area contributed by atoms with Crippen molar-refractivity contribution in [3.63, 3.8) is 0 Å². The molecule has 0 aromatic carbocycles. The maximum atomic E-state index is 9.83. The van der Waals surface area contributed by atoms with E-state index in [2.05, 4.69) is 19.1 Å². The number of aliphatic hydroxyl groups excluding tert-OH is 3. The van der Waals surface area contributed by atoms with Crippen LogP contribution in [0.4, 0.5) is 0 Å². The summed E-state index contributed by atoms with van der Waals surface area (Å²) in [7, 11) is 0. The first-order valence-electron chi connectivity index (χ1n) is 12.1. The fourth-order valence-electron chi connectivity index (χ4n) is 3.79. The zero-order chi connectivity index (χ0) is 21.2. The standard InChI is InChI=1S/C24H46O5/c1-2-3-4-5-6-7-8-9-10-11-12-13-14-15-16-17-18-28-22(19-25)24-23(27)21(26)20-29-24/h6-7,21-27H,2-5,8-20H2,1H3/b7-6+/t21-,22+,23-,24-/m1/s1. The van der Waals surface area contributed by atoms with E-state index in [4.69, 9.17) is 9.47 Å². The van der Waals surface area contributed by atoms with Crippen molar-refractivity contribution in [1.82, 2.24) is 0 Å². The second-order valence-corrected chi connectivity index (χ2v) is 8.39. The van der Waals surface area contributed by atoms with Gasteiger partial charge in [-0.3, -0.25) is 0 Å². The Bertz CT molecular complexity index is 387. The number of ether oxygens (including phenoxy) is 2. The number of rotatable bonds is 19. The van der Waals surface area contributed by atoms with Crippen LogP contribution in [0.2, 0.25) is 0 Å². The zero-order valence-corrected chi connectivity index (χ0v) is 18.6. The van der Waals surface area contributed by atoms with Crippen LogP contribution in [0.3, 0.4) is 0 Å². The van der Waals surface area contributed by atoms with E-state index in [1.54, 1.807) is 0 Å². The Morgan fingerprint density at radius 3 is 1.93 bits per heavy atom. The van der Waals surface area contributed by atoms with Gasteiger partial charge in [-0.25, -0.2) is 0 Å². The van der Waals surface area contributed by atoms with E-state index in [1.807, 2.05) is 0 Å². The number of hydrogen-bond acceptors (Lipinski definition) is 5. The minimum absolute atomic E-state index is 0.0987. The third kappa shape index (κ3) is 12.7. The predicted octanol–water partition coefficient (Wildman–Crippen LogP) is 4.52. The van der Waals surface area contributed by atoms with Gasteiger partial charge < -0.3 is 24.8 Å². The van der Waals surface area contributed by atoms with Crippen LogP contribution in [0.15, 0.2) is 12.2 Å². The van der Waals surface area contributed by atoms with Crippen LogP contribution in [0.5, 0.6) is 0 Å². The van der Waals surface area contributed by atoms with Crippen molar-refractivity contribution in [2.24, 2.45) is 0 Å². The van der Waals surface area contributed by atoms with E-state index in [0.717, 1.165) is 12.8 Å². The Labute approximate surface area is 178 Å². The summed E-state index contributed by atoms with van der Waals surface area (Å²) in [4.78, 5) is 0. The molecule has 3 N–H and O–H groups in total. The van der Waals surface area contributed by atoms with E-state index >= 15 is 0 Å². The molecule has 5 heteroatoms. The SMILES string of the molecule is CCCCC/C=C/CCCCCCCCCCCO[C@@H](CO)[C@H]1OC[C@@H](O)[C@H]1O. The van der Waals surface area contributed by atoms with Gasteiger partial charge in [0.05, 0.1) is 13.2 Å². The van der Waals surface area contributed by atoms with Gasteiger partial charge in [-0.05, 0) is 32.1 Å². The molecular weight excluding hydrogens is 368 g/mol. The lowest BCUT2D eigenvalue weighted by Gasteiger charge is -2.24. The number of unbranched alkanes of at least 4 members (excludes halogenated alkanes) is 12. The third-order valence-corrected chi connectivity index (χ3v) is 5.72. The molecule has 172 valence electrons. The first kappa shape index (κ1) is 26.6. The van der Waals surface area contributed by atoms with Gasteiger partial charge in [0.15, 0.2) is 0 Å². The number of hydrogen-bond donors (Lipinski definition) is 3. The summed E-state index contributed by atoms with van der Waals surface area (Å²) in [6, 6.07) is 0. The van der Waals surface area contributed by atoms with E-state index in [1.165, 1.54) is 77.0 Å². The van der Waals surface area contributed by atoms with Gasteiger partial charge >= 0.3 is 0 Å². The summed E-state index contributed by atoms with van der Waals surface area (Å²) in [6.45, 7) is 2.70. The maximum Gasteiger partial charge on any atom is 0.114 e. The van der Waals surface area contributed by atoms with Gasteiger partial charge in [-0.2, -0.15) is 0 Å². The summed E-state index contributed by atoms with van der Waals surface area (Å²) in [5.74, 6) is 0. The normalized spacial score (nSPS) is 23.2. The van der Waals surface area contributed by atoms with Crippen LogP contribution in [0.25, 0.3) is 0 Å². The Morgan fingerprint density at radius 2 is 1.41 bits per heavy atom. The van der Waals surface area contributed by atoms with Gasteiger partial charge in [0.25, 0.3) is 0 Å². The molecule has 1 heterocycles. The third-order valence-electron chi connectivity index (χ3n) is 5.72. The highest BCUT2D eigenvalue weighted by Gasteiger charge is 2.40. The Balaban J connectivity index is 1.84. The van der Waals surface area contributed by atoms with Crippen LogP contribution in [0, 0.1) is 0 Å². The summed E-state index contributed by atoms with van der Waals surface area (Å²) >= 11 is 0. The van der Waals surface area contributed by atoms with Crippen LogP contribution < -0.4 is 0 Å². The van der Waals surface area contributed by atoms with Gasteiger partial charge in [0, 0.05) is 6.61 Å². The van der Waals surface area contributed by atoms with Gasteiger partial charge in [-0.1, -0.05) is 76.9 Å². The molecule has 0 aliphatic carbocycles. The molecule has 0 aromatic heterocycles. The lowest BCUT2D eigenvalue weighted by molar-refractivity contribution is -0.101. The van der Waals surface area contributed by atoms with E-state index < -0.39 is 24.4 Å². The highest BCUT2D eigenvalue weighted by molar-refractivity contribution is 4.88. The molecule has 0 saturated carbocycles. The Morgan fingerprint density at radius 1 is 0.862 bits per heavy atom. The van der Waals surface area contributed by atoms with Crippen LogP contribution in [-0.2, 0) is 9.47 Å². The van der Waals surface area contributed by atoms with Crippen molar-refractivity contribution >= 4 is 0 Å². The molecule has 0 amide bonds.